The highest BCUT2D eigenvalue weighted by atomic mass is 16.3. The molecule has 0 spiro atoms. The van der Waals surface area contributed by atoms with Gasteiger partial charge in [0.2, 0.25) is 0 Å². The average molecular weight is 474 g/mol. The van der Waals surface area contributed by atoms with E-state index in [0.29, 0.717) is 28.8 Å². The second kappa shape index (κ2) is 12.0. The Morgan fingerprint density at radius 3 is 2.40 bits per heavy atom. The highest BCUT2D eigenvalue weighted by Gasteiger charge is 2.12. The van der Waals surface area contributed by atoms with Gasteiger partial charge < -0.3 is 26.4 Å². The molecular formula is C27H31N5O3. The molecule has 0 radical (unpaired) electrons. The Labute approximate surface area is 205 Å². The number of nitrogens with zero attached hydrogens (tertiary/aromatic N) is 2. The Morgan fingerprint density at radius 1 is 1.06 bits per heavy atom. The molecule has 2 amide bonds. The van der Waals surface area contributed by atoms with E-state index in [2.05, 4.69) is 32.4 Å². The third-order valence-electron chi connectivity index (χ3n) is 5.75. The number of fused-ring (bicyclic) bond motifs is 1. The van der Waals surface area contributed by atoms with E-state index >= 15 is 0 Å². The predicted octanol–water partition coefficient (Wildman–Crippen LogP) is 2.01. The summed E-state index contributed by atoms with van der Waals surface area (Å²) in [5.41, 5.74) is 8.31. The van der Waals surface area contributed by atoms with E-state index in [0.717, 1.165) is 23.9 Å². The van der Waals surface area contributed by atoms with E-state index in [1.807, 2.05) is 19.9 Å². The number of aliphatic hydroxyl groups excluding tert-OH is 1. The Morgan fingerprint density at radius 2 is 1.74 bits per heavy atom. The number of hydrogen-bond acceptors (Lipinski definition) is 6. The molecule has 35 heavy (non-hydrogen) atoms. The molecule has 0 aliphatic rings. The summed E-state index contributed by atoms with van der Waals surface area (Å²) in [7, 11) is 1.58. The van der Waals surface area contributed by atoms with Gasteiger partial charge in [0, 0.05) is 53.8 Å². The third kappa shape index (κ3) is 6.57. The average Bonchev–Trinajstić information content (AvgIpc) is 2.89. The van der Waals surface area contributed by atoms with Crippen molar-refractivity contribution in [1.29, 1.82) is 0 Å². The first-order valence-electron chi connectivity index (χ1n) is 11.6. The van der Waals surface area contributed by atoms with Crippen LogP contribution in [0, 0.1) is 11.8 Å². The van der Waals surface area contributed by atoms with Crippen LogP contribution in [0.15, 0.2) is 48.7 Å². The van der Waals surface area contributed by atoms with Crippen LogP contribution in [0.4, 0.5) is 5.82 Å². The van der Waals surface area contributed by atoms with Gasteiger partial charge in [-0.2, -0.15) is 0 Å². The molecule has 182 valence electrons. The zero-order valence-corrected chi connectivity index (χ0v) is 20.3. The summed E-state index contributed by atoms with van der Waals surface area (Å²) in [6.45, 7) is 6.46. The number of amides is 2. The second-order valence-corrected chi connectivity index (χ2v) is 8.08. The molecule has 0 aliphatic heterocycles. The molecule has 8 heteroatoms. The topological polar surface area (TPSA) is 121 Å². The van der Waals surface area contributed by atoms with Crippen molar-refractivity contribution in [3.63, 3.8) is 0 Å². The van der Waals surface area contributed by atoms with E-state index in [-0.39, 0.29) is 24.2 Å². The Bertz CT molecular complexity index is 1260. The van der Waals surface area contributed by atoms with Crippen molar-refractivity contribution in [2.24, 2.45) is 0 Å². The van der Waals surface area contributed by atoms with E-state index < -0.39 is 6.10 Å². The fraction of sp³-hybridized carbons (Fsp3) is 0.296. The van der Waals surface area contributed by atoms with Crippen molar-refractivity contribution < 1.29 is 14.7 Å². The summed E-state index contributed by atoms with van der Waals surface area (Å²) in [5.74, 6) is 5.95. The smallest absolute Gasteiger partial charge is 0.251 e. The molecule has 8 nitrogen and oxygen atoms in total. The first kappa shape index (κ1) is 25.7. The van der Waals surface area contributed by atoms with Crippen LogP contribution in [0.25, 0.3) is 10.8 Å². The van der Waals surface area contributed by atoms with E-state index in [1.165, 1.54) is 0 Å². The molecule has 0 saturated heterocycles. The van der Waals surface area contributed by atoms with Crippen molar-refractivity contribution in [2.45, 2.75) is 20.0 Å². The number of carbonyl (C=O) groups is 2. The van der Waals surface area contributed by atoms with Gasteiger partial charge in [-0.15, -0.1) is 0 Å². The number of anilines is 1. The molecule has 5 N–H and O–H groups in total. The van der Waals surface area contributed by atoms with Crippen LogP contribution in [-0.4, -0.2) is 66.1 Å². The SMILES string of the molecule is CCN(CC)CC(O)CNC(=O)c1ccc(C#Cc2c(N)ncc3ccc(C(=O)NC)cc23)cc1. The number of hydrogen-bond donors (Lipinski definition) is 4. The van der Waals surface area contributed by atoms with Crippen LogP contribution in [0.5, 0.6) is 0 Å². The number of nitrogen functional groups attached to an aromatic ring is 1. The lowest BCUT2D eigenvalue weighted by molar-refractivity contribution is 0.0869. The minimum absolute atomic E-state index is 0.183. The van der Waals surface area contributed by atoms with Gasteiger partial charge >= 0.3 is 0 Å². The Kier molecular flexibility index (Phi) is 8.79. The monoisotopic (exact) mass is 473 g/mol. The quantitative estimate of drug-likeness (QED) is 0.372. The summed E-state index contributed by atoms with van der Waals surface area (Å²) < 4.78 is 0. The maximum Gasteiger partial charge on any atom is 0.251 e. The van der Waals surface area contributed by atoms with Crippen LogP contribution in [0.1, 0.15) is 45.7 Å². The molecule has 1 heterocycles. The molecule has 2 aromatic carbocycles. The number of benzene rings is 2. The van der Waals surface area contributed by atoms with Crippen molar-refractivity contribution >= 4 is 28.4 Å². The summed E-state index contributed by atoms with van der Waals surface area (Å²) >= 11 is 0. The van der Waals surface area contributed by atoms with Crippen molar-refractivity contribution in [1.82, 2.24) is 20.5 Å². The summed E-state index contributed by atoms with van der Waals surface area (Å²) in [6, 6.07) is 12.2. The normalized spacial score (nSPS) is 11.6. The lowest BCUT2D eigenvalue weighted by atomic mass is 10.0. The van der Waals surface area contributed by atoms with Gasteiger partial charge in [-0.3, -0.25) is 9.59 Å². The van der Waals surface area contributed by atoms with E-state index in [9.17, 15) is 14.7 Å². The second-order valence-electron chi connectivity index (χ2n) is 8.08. The van der Waals surface area contributed by atoms with Crippen molar-refractivity contribution in [3.8, 4) is 11.8 Å². The molecule has 1 atom stereocenters. The minimum Gasteiger partial charge on any atom is -0.390 e. The lowest BCUT2D eigenvalue weighted by Gasteiger charge is -2.22. The van der Waals surface area contributed by atoms with Gasteiger partial charge in [0.15, 0.2) is 0 Å². The molecule has 1 aromatic heterocycles. The largest absolute Gasteiger partial charge is 0.390 e. The Balaban J connectivity index is 1.74. The van der Waals surface area contributed by atoms with Crippen LogP contribution >= 0.6 is 0 Å². The van der Waals surface area contributed by atoms with Gasteiger partial charge in [-0.05, 0) is 49.5 Å². The van der Waals surface area contributed by atoms with Crippen LogP contribution in [0.3, 0.4) is 0 Å². The lowest BCUT2D eigenvalue weighted by Crippen LogP contribution is -2.40. The van der Waals surface area contributed by atoms with E-state index in [1.54, 1.807) is 49.6 Å². The van der Waals surface area contributed by atoms with Gasteiger partial charge in [0.05, 0.1) is 11.7 Å². The maximum absolute atomic E-state index is 12.4. The number of aromatic nitrogens is 1. The summed E-state index contributed by atoms with van der Waals surface area (Å²) in [6.07, 6.45) is 1.02. The molecule has 0 bridgehead atoms. The number of aliphatic hydroxyl groups is 1. The number of nitrogens with two attached hydrogens (primary N) is 1. The molecule has 0 fully saturated rings. The number of nitrogens with one attached hydrogen (secondary N) is 2. The van der Waals surface area contributed by atoms with Crippen LogP contribution in [0.2, 0.25) is 0 Å². The molecule has 0 saturated carbocycles. The predicted molar refractivity (Wildman–Crippen MR) is 138 cm³/mol. The number of pyridine rings is 1. The molecule has 1 unspecified atom stereocenters. The van der Waals surface area contributed by atoms with Gasteiger partial charge in [-0.25, -0.2) is 4.98 Å². The van der Waals surface area contributed by atoms with Gasteiger partial charge in [0.1, 0.15) is 5.82 Å². The van der Waals surface area contributed by atoms with Crippen LogP contribution in [-0.2, 0) is 0 Å². The fourth-order valence-corrected chi connectivity index (χ4v) is 3.64. The van der Waals surface area contributed by atoms with Gasteiger partial charge in [-0.1, -0.05) is 31.8 Å². The fourth-order valence-electron chi connectivity index (χ4n) is 3.64. The standard InChI is InChI=1S/C27H31N5O3/c1-4-32(5-2)17-22(33)16-31-27(35)19-9-6-18(7-10-19)8-13-23-24-14-20(26(34)29-3)11-12-21(24)15-30-25(23)28/h6-7,9-12,14-15,22,33H,4-5,16-17H2,1-3H3,(H2,28,30)(H,29,34)(H,31,35). The third-order valence-corrected chi connectivity index (χ3v) is 5.75. The summed E-state index contributed by atoms with van der Waals surface area (Å²) in [5, 5.41) is 17.1. The molecular weight excluding hydrogens is 442 g/mol. The zero-order valence-electron chi connectivity index (χ0n) is 20.3. The number of rotatable bonds is 8. The maximum atomic E-state index is 12.4. The van der Waals surface area contributed by atoms with Crippen molar-refractivity contribution in [3.05, 3.63) is 70.9 Å². The summed E-state index contributed by atoms with van der Waals surface area (Å²) in [4.78, 5) is 30.8. The highest BCUT2D eigenvalue weighted by Crippen LogP contribution is 2.23. The number of likely N-dealkylation sites (N-methyl/N-ethyl adjacent to an activating group) is 1. The van der Waals surface area contributed by atoms with Crippen molar-refractivity contribution in [2.75, 3.05) is 39.0 Å². The number of carbonyl (C=O) groups excluding carboxylic acids is 2. The first-order valence-corrected chi connectivity index (χ1v) is 11.6. The Hall–Kier alpha value is -3.93. The van der Waals surface area contributed by atoms with Gasteiger partial charge in [0.25, 0.3) is 11.8 Å². The first-order chi connectivity index (χ1) is 16.9. The van der Waals surface area contributed by atoms with E-state index in [4.69, 9.17) is 5.73 Å². The van der Waals surface area contributed by atoms with Crippen LogP contribution < -0.4 is 16.4 Å². The molecule has 3 rings (SSSR count). The highest BCUT2D eigenvalue weighted by molar-refractivity contribution is 6.00. The zero-order chi connectivity index (χ0) is 25.4. The minimum atomic E-state index is -0.632. The molecule has 0 aliphatic carbocycles. The molecule has 3 aromatic rings.